The SMILES string of the molecule is O=C(COc1cccc([N+](=O)[O-])c1)N1C[C@H]2COCC[C@@]2(C(=O)O)C1. The third kappa shape index (κ3) is 3.27. The van der Waals surface area contributed by atoms with Crippen molar-refractivity contribution in [2.45, 2.75) is 6.42 Å². The van der Waals surface area contributed by atoms with E-state index in [1.807, 2.05) is 0 Å². The highest BCUT2D eigenvalue weighted by molar-refractivity contribution is 5.82. The number of nitrogens with zero attached hydrogens (tertiary/aromatic N) is 2. The normalized spacial score (nSPS) is 25.3. The molecule has 25 heavy (non-hydrogen) atoms. The number of non-ortho nitro benzene ring substituents is 1. The van der Waals surface area contributed by atoms with E-state index in [1.54, 1.807) is 0 Å². The van der Waals surface area contributed by atoms with Crippen molar-refractivity contribution in [3.63, 3.8) is 0 Å². The summed E-state index contributed by atoms with van der Waals surface area (Å²) in [6.45, 7) is 0.832. The summed E-state index contributed by atoms with van der Waals surface area (Å²) in [4.78, 5) is 35.8. The number of ether oxygens (including phenoxy) is 2. The van der Waals surface area contributed by atoms with Crippen molar-refractivity contribution in [1.82, 2.24) is 4.90 Å². The minimum Gasteiger partial charge on any atom is -0.484 e. The van der Waals surface area contributed by atoms with Gasteiger partial charge in [0.05, 0.1) is 23.0 Å². The molecule has 1 aromatic rings. The standard InChI is InChI=1S/C16H18N2O7/c19-14(9-25-13-3-1-2-12(6-13)18(22)23)17-7-11-8-24-5-4-16(11,10-17)15(20)21/h1-3,6,11H,4-5,7-10H2,(H,20,21)/t11-,16+/m0/s1. The quantitative estimate of drug-likeness (QED) is 0.619. The van der Waals surface area contributed by atoms with E-state index >= 15 is 0 Å². The first-order chi connectivity index (χ1) is 11.9. The Bertz CT molecular complexity index is 707. The van der Waals surface area contributed by atoms with Crippen molar-refractivity contribution in [2.75, 3.05) is 32.9 Å². The fraction of sp³-hybridized carbons (Fsp3) is 0.500. The maximum Gasteiger partial charge on any atom is 0.311 e. The van der Waals surface area contributed by atoms with Crippen LogP contribution in [0, 0.1) is 21.4 Å². The van der Waals surface area contributed by atoms with Crippen LogP contribution in [0.3, 0.4) is 0 Å². The predicted molar refractivity (Wildman–Crippen MR) is 84.2 cm³/mol. The number of hydrogen-bond donors (Lipinski definition) is 1. The van der Waals surface area contributed by atoms with Crippen molar-refractivity contribution < 1.29 is 29.1 Å². The number of carbonyl (C=O) groups is 2. The fourth-order valence-corrected chi connectivity index (χ4v) is 3.41. The van der Waals surface area contributed by atoms with Crippen LogP contribution in [0.15, 0.2) is 24.3 Å². The second-order valence-corrected chi connectivity index (χ2v) is 6.30. The molecule has 2 atom stereocenters. The number of hydrogen-bond acceptors (Lipinski definition) is 6. The molecule has 1 amide bonds. The first-order valence-electron chi connectivity index (χ1n) is 7.88. The predicted octanol–water partition coefficient (Wildman–Crippen LogP) is 0.923. The lowest BCUT2D eigenvalue weighted by molar-refractivity contribution is -0.384. The van der Waals surface area contributed by atoms with E-state index in [1.165, 1.54) is 29.2 Å². The van der Waals surface area contributed by atoms with Gasteiger partial charge in [0.1, 0.15) is 5.75 Å². The summed E-state index contributed by atoms with van der Waals surface area (Å²) < 4.78 is 10.7. The molecule has 1 aromatic carbocycles. The Labute approximate surface area is 143 Å². The molecule has 0 spiro atoms. The van der Waals surface area contributed by atoms with Crippen molar-refractivity contribution in [3.8, 4) is 5.75 Å². The molecule has 1 N–H and O–H groups in total. The highest BCUT2D eigenvalue weighted by Crippen LogP contribution is 2.42. The maximum absolute atomic E-state index is 12.4. The summed E-state index contributed by atoms with van der Waals surface area (Å²) in [7, 11) is 0. The third-order valence-electron chi connectivity index (χ3n) is 4.88. The molecule has 9 nitrogen and oxygen atoms in total. The number of likely N-dealkylation sites (tertiary alicyclic amines) is 1. The molecule has 0 bridgehead atoms. The average molecular weight is 350 g/mol. The van der Waals surface area contributed by atoms with Gasteiger partial charge in [-0.2, -0.15) is 0 Å². The molecule has 134 valence electrons. The topological polar surface area (TPSA) is 119 Å². The molecular formula is C16H18N2O7. The van der Waals surface area contributed by atoms with Gasteiger partial charge in [-0.05, 0) is 12.5 Å². The van der Waals surface area contributed by atoms with Crippen LogP contribution in [0.25, 0.3) is 0 Å². The van der Waals surface area contributed by atoms with Gasteiger partial charge in [0, 0.05) is 31.7 Å². The first-order valence-corrected chi connectivity index (χ1v) is 7.88. The molecule has 0 aromatic heterocycles. The smallest absolute Gasteiger partial charge is 0.311 e. The molecule has 0 unspecified atom stereocenters. The summed E-state index contributed by atoms with van der Waals surface area (Å²) in [5, 5.41) is 20.4. The molecule has 0 saturated carbocycles. The van der Waals surface area contributed by atoms with E-state index in [9.17, 15) is 24.8 Å². The fourth-order valence-electron chi connectivity index (χ4n) is 3.41. The minimum absolute atomic E-state index is 0.126. The van der Waals surface area contributed by atoms with Gasteiger partial charge in [-0.15, -0.1) is 0 Å². The maximum atomic E-state index is 12.4. The van der Waals surface area contributed by atoms with Gasteiger partial charge in [-0.3, -0.25) is 19.7 Å². The Morgan fingerprint density at radius 2 is 2.28 bits per heavy atom. The number of carboxylic acid groups (broad SMARTS) is 1. The van der Waals surface area contributed by atoms with Crippen molar-refractivity contribution in [1.29, 1.82) is 0 Å². The number of nitro groups is 1. The molecule has 2 aliphatic rings. The minimum atomic E-state index is -0.959. The zero-order chi connectivity index (χ0) is 18.0. The van der Waals surface area contributed by atoms with Crippen LogP contribution in [0.5, 0.6) is 5.75 Å². The molecule has 0 radical (unpaired) electrons. The highest BCUT2D eigenvalue weighted by Gasteiger charge is 2.54. The summed E-state index contributed by atoms with van der Waals surface area (Å²) in [5.41, 5.74) is -1.08. The number of fused-ring (bicyclic) bond motifs is 1. The van der Waals surface area contributed by atoms with E-state index in [2.05, 4.69) is 0 Å². The molecular weight excluding hydrogens is 332 g/mol. The Balaban J connectivity index is 1.63. The zero-order valence-corrected chi connectivity index (χ0v) is 13.4. The lowest BCUT2D eigenvalue weighted by Crippen LogP contribution is -2.45. The Morgan fingerprint density at radius 1 is 1.48 bits per heavy atom. The van der Waals surface area contributed by atoms with E-state index < -0.39 is 16.3 Å². The molecule has 2 saturated heterocycles. The summed E-state index contributed by atoms with van der Waals surface area (Å²) in [6, 6.07) is 5.57. The summed E-state index contributed by atoms with van der Waals surface area (Å²) in [6.07, 6.45) is 0.377. The molecule has 9 heteroatoms. The van der Waals surface area contributed by atoms with Gasteiger partial charge in [0.25, 0.3) is 11.6 Å². The van der Waals surface area contributed by atoms with Gasteiger partial charge in [0.2, 0.25) is 0 Å². The molecule has 2 fully saturated rings. The summed E-state index contributed by atoms with van der Waals surface area (Å²) in [5.74, 6) is -1.27. The second kappa shape index (κ2) is 6.67. The van der Waals surface area contributed by atoms with Crippen LogP contribution in [0.4, 0.5) is 5.69 Å². The van der Waals surface area contributed by atoms with E-state index in [0.29, 0.717) is 26.2 Å². The number of aliphatic carboxylic acids is 1. The Kier molecular flexibility index (Phi) is 4.58. The van der Waals surface area contributed by atoms with Crippen LogP contribution < -0.4 is 4.74 Å². The average Bonchev–Trinajstić information content (AvgIpc) is 3.01. The van der Waals surface area contributed by atoms with Gasteiger partial charge >= 0.3 is 5.97 Å². The second-order valence-electron chi connectivity index (χ2n) is 6.30. The lowest BCUT2D eigenvalue weighted by atomic mass is 9.74. The Morgan fingerprint density at radius 3 is 2.96 bits per heavy atom. The van der Waals surface area contributed by atoms with Crippen LogP contribution in [0.1, 0.15) is 6.42 Å². The molecule has 2 aliphatic heterocycles. The van der Waals surface area contributed by atoms with Gasteiger partial charge in [-0.25, -0.2) is 0 Å². The Hall–Kier alpha value is -2.68. The summed E-state index contributed by atoms with van der Waals surface area (Å²) >= 11 is 0. The van der Waals surface area contributed by atoms with Crippen LogP contribution >= 0.6 is 0 Å². The number of carbonyl (C=O) groups excluding carboxylic acids is 1. The third-order valence-corrected chi connectivity index (χ3v) is 4.88. The van der Waals surface area contributed by atoms with Crippen molar-refractivity contribution >= 4 is 17.6 Å². The van der Waals surface area contributed by atoms with E-state index in [4.69, 9.17) is 9.47 Å². The molecule has 2 heterocycles. The van der Waals surface area contributed by atoms with Crippen molar-refractivity contribution in [2.24, 2.45) is 11.3 Å². The highest BCUT2D eigenvalue weighted by atomic mass is 16.6. The van der Waals surface area contributed by atoms with Crippen molar-refractivity contribution in [3.05, 3.63) is 34.4 Å². The number of amides is 1. The van der Waals surface area contributed by atoms with E-state index in [-0.39, 0.29) is 36.4 Å². The number of benzene rings is 1. The van der Waals surface area contributed by atoms with Crippen LogP contribution in [-0.4, -0.2) is 59.7 Å². The van der Waals surface area contributed by atoms with Crippen LogP contribution in [0.2, 0.25) is 0 Å². The first kappa shape index (κ1) is 17.2. The molecule has 3 rings (SSSR count). The number of nitro benzene ring substituents is 1. The monoisotopic (exact) mass is 350 g/mol. The number of carboxylic acids is 1. The van der Waals surface area contributed by atoms with Crippen LogP contribution in [-0.2, 0) is 14.3 Å². The molecule has 0 aliphatic carbocycles. The van der Waals surface area contributed by atoms with Gasteiger partial charge < -0.3 is 19.5 Å². The zero-order valence-electron chi connectivity index (χ0n) is 13.4. The van der Waals surface area contributed by atoms with Gasteiger partial charge in [-0.1, -0.05) is 6.07 Å². The van der Waals surface area contributed by atoms with Gasteiger partial charge in [0.15, 0.2) is 6.61 Å². The lowest BCUT2D eigenvalue weighted by Gasteiger charge is -2.33. The van der Waals surface area contributed by atoms with E-state index in [0.717, 1.165) is 0 Å². The number of rotatable bonds is 5. The largest absolute Gasteiger partial charge is 0.484 e.